The van der Waals surface area contributed by atoms with Crippen LogP contribution in [0.25, 0.3) is 5.69 Å². The number of ether oxygens (including phenoxy) is 1. The van der Waals surface area contributed by atoms with E-state index in [1.165, 1.54) is 0 Å². The number of hydrogen-bond acceptors (Lipinski definition) is 2. The molecule has 0 fully saturated rings. The van der Waals surface area contributed by atoms with Crippen molar-refractivity contribution < 1.29 is 14.6 Å². The maximum Gasteiger partial charge on any atom is 0.337 e. The van der Waals surface area contributed by atoms with E-state index in [1.54, 1.807) is 12.3 Å². The highest BCUT2D eigenvalue weighted by Gasteiger charge is 2.16. The number of benzene rings is 1. The van der Waals surface area contributed by atoms with E-state index in [-0.39, 0.29) is 6.10 Å². The molecule has 1 heterocycles. The van der Waals surface area contributed by atoms with E-state index in [2.05, 4.69) is 0 Å². The van der Waals surface area contributed by atoms with Crippen LogP contribution in [0.2, 0.25) is 0 Å². The Morgan fingerprint density at radius 3 is 2.60 bits per heavy atom. The van der Waals surface area contributed by atoms with Gasteiger partial charge in [-0.25, -0.2) is 4.79 Å². The lowest BCUT2D eigenvalue weighted by Gasteiger charge is -2.16. The van der Waals surface area contributed by atoms with Gasteiger partial charge in [0.25, 0.3) is 0 Å². The second-order valence-corrected chi connectivity index (χ2v) is 4.84. The molecule has 0 unspecified atom stereocenters. The smallest absolute Gasteiger partial charge is 0.337 e. The highest BCUT2D eigenvalue weighted by atomic mass is 16.5. The molecule has 1 aromatic heterocycles. The fraction of sp³-hybridized carbons (Fsp3) is 0.312. The average Bonchev–Trinajstić information content (AvgIpc) is 2.82. The Hall–Kier alpha value is -2.23. The van der Waals surface area contributed by atoms with Crippen molar-refractivity contribution in [3.8, 4) is 11.4 Å². The summed E-state index contributed by atoms with van der Waals surface area (Å²) in [7, 11) is 0. The van der Waals surface area contributed by atoms with Crippen LogP contribution < -0.4 is 4.74 Å². The number of carboxylic acid groups (broad SMARTS) is 1. The van der Waals surface area contributed by atoms with Crippen LogP contribution in [0, 0.1) is 0 Å². The van der Waals surface area contributed by atoms with Crippen LogP contribution in [0.3, 0.4) is 0 Å². The standard InChI is InChI=1S/C16H19NO3/c1-4-13-12(16(18)19)9-10-17(13)14-7-5-6-8-15(14)20-11(2)3/h5-11H,4H2,1-3H3,(H,18,19). The van der Waals surface area contributed by atoms with Gasteiger partial charge in [-0.2, -0.15) is 0 Å². The van der Waals surface area contributed by atoms with Crippen LogP contribution in [0.5, 0.6) is 5.75 Å². The molecular weight excluding hydrogens is 254 g/mol. The average molecular weight is 273 g/mol. The number of aromatic carboxylic acids is 1. The molecule has 0 spiro atoms. The molecule has 2 aromatic rings. The third kappa shape index (κ3) is 2.69. The summed E-state index contributed by atoms with van der Waals surface area (Å²) in [4.78, 5) is 11.2. The first-order chi connectivity index (χ1) is 9.54. The van der Waals surface area contributed by atoms with Crippen LogP contribution in [0.4, 0.5) is 0 Å². The van der Waals surface area contributed by atoms with E-state index in [9.17, 15) is 9.90 Å². The lowest BCUT2D eigenvalue weighted by Crippen LogP contribution is -2.10. The summed E-state index contributed by atoms with van der Waals surface area (Å²) < 4.78 is 7.69. The lowest BCUT2D eigenvalue weighted by molar-refractivity contribution is 0.0695. The second kappa shape index (κ2) is 5.82. The number of hydrogen-bond donors (Lipinski definition) is 1. The molecule has 0 radical (unpaired) electrons. The molecule has 1 N–H and O–H groups in total. The van der Waals surface area contributed by atoms with Gasteiger partial charge in [0.2, 0.25) is 0 Å². The molecular formula is C16H19NO3. The molecule has 0 atom stereocenters. The van der Waals surface area contributed by atoms with Gasteiger partial charge < -0.3 is 14.4 Å². The maximum absolute atomic E-state index is 11.2. The van der Waals surface area contributed by atoms with Crippen molar-refractivity contribution in [2.75, 3.05) is 0 Å². The van der Waals surface area contributed by atoms with E-state index in [1.807, 2.05) is 49.6 Å². The minimum absolute atomic E-state index is 0.0655. The molecule has 1 aromatic carbocycles. The van der Waals surface area contributed by atoms with Gasteiger partial charge in [-0.15, -0.1) is 0 Å². The Kier molecular flexibility index (Phi) is 4.13. The summed E-state index contributed by atoms with van der Waals surface area (Å²) in [6.07, 6.45) is 2.49. The molecule has 0 aliphatic heterocycles. The van der Waals surface area contributed by atoms with Crippen LogP contribution in [0.1, 0.15) is 36.8 Å². The highest BCUT2D eigenvalue weighted by molar-refractivity contribution is 5.89. The van der Waals surface area contributed by atoms with E-state index < -0.39 is 5.97 Å². The zero-order valence-corrected chi connectivity index (χ0v) is 12.0. The van der Waals surface area contributed by atoms with Crippen molar-refractivity contribution in [3.63, 3.8) is 0 Å². The molecule has 106 valence electrons. The van der Waals surface area contributed by atoms with Crippen molar-refractivity contribution in [3.05, 3.63) is 47.8 Å². The molecule has 0 aliphatic rings. The minimum atomic E-state index is -0.900. The van der Waals surface area contributed by atoms with Gasteiger partial charge in [0.15, 0.2) is 0 Å². The van der Waals surface area contributed by atoms with E-state index in [0.29, 0.717) is 12.0 Å². The number of para-hydroxylation sites is 2. The first kappa shape index (κ1) is 14.2. The maximum atomic E-state index is 11.2. The van der Waals surface area contributed by atoms with Gasteiger partial charge in [-0.3, -0.25) is 0 Å². The largest absolute Gasteiger partial charge is 0.489 e. The van der Waals surface area contributed by atoms with Gasteiger partial charge in [0, 0.05) is 11.9 Å². The minimum Gasteiger partial charge on any atom is -0.489 e. The molecule has 4 nitrogen and oxygen atoms in total. The Balaban J connectivity index is 2.54. The van der Waals surface area contributed by atoms with Crippen LogP contribution in [0.15, 0.2) is 36.5 Å². The number of carbonyl (C=O) groups is 1. The van der Waals surface area contributed by atoms with Gasteiger partial charge in [-0.1, -0.05) is 19.1 Å². The molecule has 4 heteroatoms. The highest BCUT2D eigenvalue weighted by Crippen LogP contribution is 2.27. The van der Waals surface area contributed by atoms with Gasteiger partial charge >= 0.3 is 5.97 Å². The molecule has 2 rings (SSSR count). The van der Waals surface area contributed by atoms with Crippen molar-refractivity contribution >= 4 is 5.97 Å². The monoisotopic (exact) mass is 273 g/mol. The predicted octanol–water partition coefficient (Wildman–Crippen LogP) is 3.53. The molecule has 0 bridgehead atoms. The van der Waals surface area contributed by atoms with Crippen LogP contribution in [-0.2, 0) is 6.42 Å². The van der Waals surface area contributed by atoms with E-state index in [4.69, 9.17) is 4.74 Å². The quantitative estimate of drug-likeness (QED) is 0.906. The zero-order valence-electron chi connectivity index (χ0n) is 12.0. The summed E-state index contributed by atoms with van der Waals surface area (Å²) in [6, 6.07) is 9.29. The normalized spacial score (nSPS) is 10.8. The lowest BCUT2D eigenvalue weighted by atomic mass is 10.2. The van der Waals surface area contributed by atoms with Crippen molar-refractivity contribution in [2.45, 2.75) is 33.3 Å². The summed E-state index contributed by atoms with van der Waals surface area (Å²) in [6.45, 7) is 5.88. The van der Waals surface area contributed by atoms with E-state index >= 15 is 0 Å². The topological polar surface area (TPSA) is 51.5 Å². The number of aromatic nitrogens is 1. The van der Waals surface area contributed by atoms with Gasteiger partial charge in [-0.05, 0) is 38.5 Å². The fourth-order valence-corrected chi connectivity index (χ4v) is 2.26. The summed E-state index contributed by atoms with van der Waals surface area (Å²) >= 11 is 0. The Morgan fingerprint density at radius 1 is 1.30 bits per heavy atom. The molecule has 0 saturated carbocycles. The Bertz CT molecular complexity index is 614. The molecule has 0 aliphatic carbocycles. The molecule has 20 heavy (non-hydrogen) atoms. The Morgan fingerprint density at radius 2 is 2.00 bits per heavy atom. The van der Waals surface area contributed by atoms with Crippen LogP contribution >= 0.6 is 0 Å². The number of carboxylic acids is 1. The predicted molar refractivity (Wildman–Crippen MR) is 77.9 cm³/mol. The SMILES string of the molecule is CCc1c(C(=O)O)ccn1-c1ccccc1OC(C)C. The Labute approximate surface area is 118 Å². The molecule has 0 amide bonds. The molecule has 0 saturated heterocycles. The first-order valence-corrected chi connectivity index (χ1v) is 6.74. The van der Waals surface area contributed by atoms with E-state index in [0.717, 1.165) is 17.1 Å². The summed E-state index contributed by atoms with van der Waals surface area (Å²) in [5, 5.41) is 9.23. The van der Waals surface area contributed by atoms with Crippen molar-refractivity contribution in [2.24, 2.45) is 0 Å². The summed E-state index contributed by atoms with van der Waals surface area (Å²) in [5.74, 6) is -0.146. The third-order valence-corrected chi connectivity index (χ3v) is 3.04. The first-order valence-electron chi connectivity index (χ1n) is 6.74. The zero-order chi connectivity index (χ0) is 14.7. The third-order valence-electron chi connectivity index (χ3n) is 3.04. The fourth-order valence-electron chi connectivity index (χ4n) is 2.26. The van der Waals surface area contributed by atoms with Gasteiger partial charge in [0.05, 0.1) is 17.4 Å². The number of nitrogens with zero attached hydrogens (tertiary/aromatic N) is 1. The van der Waals surface area contributed by atoms with Gasteiger partial charge in [0.1, 0.15) is 5.75 Å². The van der Waals surface area contributed by atoms with Crippen LogP contribution in [-0.4, -0.2) is 21.7 Å². The van der Waals surface area contributed by atoms with Crippen molar-refractivity contribution in [1.82, 2.24) is 4.57 Å². The number of rotatable bonds is 5. The van der Waals surface area contributed by atoms with Crippen molar-refractivity contribution in [1.29, 1.82) is 0 Å². The summed E-state index contributed by atoms with van der Waals surface area (Å²) in [5.41, 5.74) is 1.98. The second-order valence-electron chi connectivity index (χ2n) is 4.84.